The van der Waals surface area contributed by atoms with E-state index >= 15 is 0 Å². The average molecular weight is 214 g/mol. The number of hydrogen-bond acceptors (Lipinski definition) is 3. The maximum Gasteiger partial charge on any atom is 0.234 e. The molecule has 1 heterocycles. The fourth-order valence-electron chi connectivity index (χ4n) is 1.91. The van der Waals surface area contributed by atoms with E-state index in [4.69, 9.17) is 10.5 Å². The van der Waals surface area contributed by atoms with Gasteiger partial charge in [-0.1, -0.05) is 13.8 Å². The van der Waals surface area contributed by atoms with E-state index in [1.54, 1.807) is 0 Å². The third kappa shape index (κ3) is 4.18. The monoisotopic (exact) mass is 214 g/mol. The van der Waals surface area contributed by atoms with Gasteiger partial charge in [0.05, 0.1) is 6.04 Å². The Labute approximate surface area is 91.5 Å². The first-order valence-electron chi connectivity index (χ1n) is 5.71. The highest BCUT2D eigenvalue weighted by Gasteiger charge is 2.27. The quantitative estimate of drug-likeness (QED) is 0.701. The average Bonchev–Trinajstić information content (AvgIpc) is 2.18. The summed E-state index contributed by atoms with van der Waals surface area (Å²) in [4.78, 5) is 11.3. The van der Waals surface area contributed by atoms with Gasteiger partial charge in [-0.3, -0.25) is 4.79 Å². The van der Waals surface area contributed by atoms with E-state index in [0.717, 1.165) is 32.6 Å². The van der Waals surface area contributed by atoms with Crippen molar-refractivity contribution in [3.8, 4) is 0 Å². The lowest BCUT2D eigenvalue weighted by Crippen LogP contribution is -2.49. The van der Waals surface area contributed by atoms with E-state index < -0.39 is 0 Å². The first-order valence-corrected chi connectivity index (χ1v) is 5.71. The maximum absolute atomic E-state index is 11.3. The Morgan fingerprint density at radius 3 is 2.53 bits per heavy atom. The molecular formula is C11H22N2O2. The molecule has 1 amide bonds. The Morgan fingerprint density at radius 2 is 2.07 bits per heavy atom. The number of amides is 1. The summed E-state index contributed by atoms with van der Waals surface area (Å²) >= 11 is 0. The smallest absolute Gasteiger partial charge is 0.234 e. The van der Waals surface area contributed by atoms with Gasteiger partial charge in [-0.05, 0) is 31.2 Å². The Kier molecular flexibility index (Phi) is 5.05. The molecule has 0 saturated carbocycles. The molecule has 0 spiro atoms. The minimum absolute atomic E-state index is 0.184. The zero-order chi connectivity index (χ0) is 11.3. The number of hydrogen-bond donors (Lipinski definition) is 2. The summed E-state index contributed by atoms with van der Waals surface area (Å²) in [7, 11) is 0. The van der Waals surface area contributed by atoms with E-state index in [1.165, 1.54) is 0 Å². The maximum atomic E-state index is 11.3. The number of carbonyl (C=O) groups excluding carboxylic acids is 1. The summed E-state index contributed by atoms with van der Waals surface area (Å²) in [5.74, 6) is 0.643. The van der Waals surface area contributed by atoms with Gasteiger partial charge in [0.2, 0.25) is 5.91 Å². The lowest BCUT2D eigenvalue weighted by atomic mass is 9.91. The molecule has 88 valence electrons. The van der Waals surface area contributed by atoms with Gasteiger partial charge in [-0.2, -0.15) is 0 Å². The highest BCUT2D eigenvalue weighted by atomic mass is 16.5. The largest absolute Gasteiger partial charge is 0.381 e. The van der Waals surface area contributed by atoms with Crippen LogP contribution in [0.2, 0.25) is 0 Å². The van der Waals surface area contributed by atoms with Gasteiger partial charge < -0.3 is 15.8 Å². The van der Waals surface area contributed by atoms with Crippen LogP contribution in [0.25, 0.3) is 0 Å². The molecule has 3 N–H and O–H groups in total. The van der Waals surface area contributed by atoms with E-state index in [0.29, 0.717) is 11.8 Å². The number of rotatable bonds is 5. The molecule has 1 aliphatic heterocycles. The third-order valence-corrected chi connectivity index (χ3v) is 2.79. The van der Waals surface area contributed by atoms with Crippen LogP contribution in [0, 0.1) is 11.8 Å². The van der Waals surface area contributed by atoms with Crippen LogP contribution in [0.5, 0.6) is 0 Å². The van der Waals surface area contributed by atoms with Crippen LogP contribution in [0.15, 0.2) is 0 Å². The van der Waals surface area contributed by atoms with E-state index in [9.17, 15) is 4.79 Å². The highest BCUT2D eigenvalue weighted by molar-refractivity contribution is 5.80. The second-order valence-electron chi connectivity index (χ2n) is 4.63. The summed E-state index contributed by atoms with van der Waals surface area (Å²) in [5, 5.41) is 3.26. The number of ether oxygens (including phenoxy) is 1. The van der Waals surface area contributed by atoms with Crippen molar-refractivity contribution in [2.45, 2.75) is 32.7 Å². The molecule has 0 aromatic heterocycles. The first-order chi connectivity index (χ1) is 7.11. The minimum atomic E-state index is -0.234. The summed E-state index contributed by atoms with van der Waals surface area (Å²) < 4.78 is 5.28. The van der Waals surface area contributed by atoms with Crippen molar-refractivity contribution in [2.24, 2.45) is 17.6 Å². The highest BCUT2D eigenvalue weighted by Crippen LogP contribution is 2.18. The SMILES string of the molecule is CC(C)CNC(C(N)=O)C1CCOCC1. The van der Waals surface area contributed by atoms with Gasteiger partial charge in [0, 0.05) is 13.2 Å². The molecule has 0 aliphatic carbocycles. The fraction of sp³-hybridized carbons (Fsp3) is 0.909. The van der Waals surface area contributed by atoms with Crippen molar-refractivity contribution in [3.63, 3.8) is 0 Å². The third-order valence-electron chi connectivity index (χ3n) is 2.79. The molecular weight excluding hydrogens is 192 g/mol. The van der Waals surface area contributed by atoms with Crippen LogP contribution in [0.1, 0.15) is 26.7 Å². The van der Waals surface area contributed by atoms with Gasteiger partial charge in [0.15, 0.2) is 0 Å². The first kappa shape index (κ1) is 12.5. The van der Waals surface area contributed by atoms with Crippen molar-refractivity contribution in [1.82, 2.24) is 5.32 Å². The van der Waals surface area contributed by atoms with E-state index in [1.807, 2.05) is 0 Å². The molecule has 0 radical (unpaired) electrons. The van der Waals surface area contributed by atoms with Crippen molar-refractivity contribution in [1.29, 1.82) is 0 Å². The van der Waals surface area contributed by atoms with Gasteiger partial charge in [-0.15, -0.1) is 0 Å². The van der Waals surface area contributed by atoms with E-state index in [-0.39, 0.29) is 11.9 Å². The zero-order valence-corrected chi connectivity index (χ0v) is 9.66. The molecule has 4 heteroatoms. The predicted molar refractivity (Wildman–Crippen MR) is 59.4 cm³/mol. The van der Waals surface area contributed by atoms with Crippen LogP contribution in [0.4, 0.5) is 0 Å². The van der Waals surface area contributed by atoms with Crippen LogP contribution >= 0.6 is 0 Å². The molecule has 1 aliphatic rings. The van der Waals surface area contributed by atoms with Crippen molar-refractivity contribution < 1.29 is 9.53 Å². The lowest BCUT2D eigenvalue weighted by molar-refractivity contribution is -0.122. The van der Waals surface area contributed by atoms with E-state index in [2.05, 4.69) is 19.2 Å². The standard InChI is InChI=1S/C11H22N2O2/c1-8(2)7-13-10(11(12)14)9-3-5-15-6-4-9/h8-10,13H,3-7H2,1-2H3,(H2,12,14). The molecule has 1 atom stereocenters. The molecule has 1 saturated heterocycles. The Hall–Kier alpha value is -0.610. The molecule has 0 aromatic rings. The Balaban J connectivity index is 2.44. The van der Waals surface area contributed by atoms with Crippen LogP contribution in [0.3, 0.4) is 0 Å². The summed E-state index contributed by atoms with van der Waals surface area (Å²) in [5.41, 5.74) is 5.41. The normalized spacial score (nSPS) is 20.5. The zero-order valence-electron chi connectivity index (χ0n) is 9.66. The van der Waals surface area contributed by atoms with Crippen molar-refractivity contribution in [2.75, 3.05) is 19.8 Å². The molecule has 1 unspecified atom stereocenters. The molecule has 4 nitrogen and oxygen atoms in total. The number of nitrogens with one attached hydrogen (secondary N) is 1. The molecule has 0 bridgehead atoms. The van der Waals surface area contributed by atoms with Crippen LogP contribution in [-0.4, -0.2) is 31.7 Å². The molecule has 0 aromatic carbocycles. The fourth-order valence-corrected chi connectivity index (χ4v) is 1.91. The summed E-state index contributed by atoms with van der Waals surface area (Å²) in [6.45, 7) is 6.57. The second-order valence-corrected chi connectivity index (χ2v) is 4.63. The summed E-state index contributed by atoms with van der Waals surface area (Å²) in [6, 6.07) is -0.184. The number of nitrogens with two attached hydrogens (primary N) is 1. The topological polar surface area (TPSA) is 64.3 Å². The van der Waals surface area contributed by atoms with Crippen LogP contribution in [-0.2, 0) is 9.53 Å². The number of carbonyl (C=O) groups is 1. The van der Waals surface area contributed by atoms with Gasteiger partial charge >= 0.3 is 0 Å². The van der Waals surface area contributed by atoms with Gasteiger partial charge in [0.25, 0.3) is 0 Å². The summed E-state index contributed by atoms with van der Waals surface area (Å²) in [6.07, 6.45) is 1.86. The Morgan fingerprint density at radius 1 is 1.47 bits per heavy atom. The Bertz CT molecular complexity index is 201. The van der Waals surface area contributed by atoms with Gasteiger partial charge in [0.1, 0.15) is 0 Å². The second kappa shape index (κ2) is 6.08. The van der Waals surface area contributed by atoms with Crippen molar-refractivity contribution >= 4 is 5.91 Å². The lowest BCUT2D eigenvalue weighted by Gasteiger charge is -2.29. The number of primary amides is 1. The van der Waals surface area contributed by atoms with Crippen LogP contribution < -0.4 is 11.1 Å². The minimum Gasteiger partial charge on any atom is -0.381 e. The molecule has 15 heavy (non-hydrogen) atoms. The molecule has 1 fully saturated rings. The van der Waals surface area contributed by atoms with Gasteiger partial charge in [-0.25, -0.2) is 0 Å². The predicted octanol–water partition coefficient (Wildman–Crippen LogP) is 0.513. The molecule has 1 rings (SSSR count). The van der Waals surface area contributed by atoms with Crippen molar-refractivity contribution in [3.05, 3.63) is 0 Å².